The first kappa shape index (κ1) is 14.3. The molecule has 0 saturated heterocycles. The summed E-state index contributed by atoms with van der Waals surface area (Å²) in [7, 11) is 0. The largest absolute Gasteiger partial charge is 0.433 e. The minimum Gasteiger partial charge on any atom is -0.401 e. The molecule has 0 unspecified atom stereocenters. The van der Waals surface area contributed by atoms with Gasteiger partial charge in [-0.1, -0.05) is 19.3 Å². The number of nitro groups is 1. The smallest absolute Gasteiger partial charge is 0.401 e. The van der Waals surface area contributed by atoms with Crippen LogP contribution in [0.1, 0.15) is 50.7 Å². The standard InChI is InChI=1S/C16H22N2O3/c19-18(20)16-9-8-15(21-16)10-13(11-17-14-6-7-14)12-4-2-1-3-5-12/h8-10,12,14,17H,1-7,11H2/b13-10-. The number of hydrogen-bond donors (Lipinski definition) is 1. The van der Waals surface area contributed by atoms with Gasteiger partial charge in [0.15, 0.2) is 0 Å². The summed E-state index contributed by atoms with van der Waals surface area (Å²) in [5, 5.41) is 14.3. The van der Waals surface area contributed by atoms with Crippen LogP contribution in [-0.4, -0.2) is 17.5 Å². The van der Waals surface area contributed by atoms with Crippen molar-refractivity contribution in [2.24, 2.45) is 5.92 Å². The van der Waals surface area contributed by atoms with Crippen LogP contribution in [0.3, 0.4) is 0 Å². The maximum absolute atomic E-state index is 10.7. The molecule has 1 N–H and O–H groups in total. The Morgan fingerprint density at radius 1 is 1.29 bits per heavy atom. The third kappa shape index (κ3) is 3.94. The lowest BCUT2D eigenvalue weighted by Crippen LogP contribution is -2.23. The highest BCUT2D eigenvalue weighted by Crippen LogP contribution is 2.32. The van der Waals surface area contributed by atoms with E-state index in [-0.39, 0.29) is 5.88 Å². The van der Waals surface area contributed by atoms with Crippen LogP contribution in [-0.2, 0) is 0 Å². The molecule has 21 heavy (non-hydrogen) atoms. The third-order valence-electron chi connectivity index (χ3n) is 4.42. The van der Waals surface area contributed by atoms with Crippen molar-refractivity contribution >= 4 is 12.0 Å². The predicted molar refractivity (Wildman–Crippen MR) is 80.9 cm³/mol. The summed E-state index contributed by atoms with van der Waals surface area (Å²) in [6, 6.07) is 3.79. The first-order valence-electron chi connectivity index (χ1n) is 7.90. The molecule has 114 valence electrons. The van der Waals surface area contributed by atoms with Gasteiger partial charge in [0.05, 0.1) is 6.07 Å². The second-order valence-electron chi connectivity index (χ2n) is 6.14. The summed E-state index contributed by atoms with van der Waals surface area (Å²) in [4.78, 5) is 10.2. The maximum Gasteiger partial charge on any atom is 0.433 e. The topological polar surface area (TPSA) is 68.3 Å². The molecule has 1 heterocycles. The van der Waals surface area contributed by atoms with E-state index in [2.05, 4.69) is 5.32 Å². The van der Waals surface area contributed by atoms with Gasteiger partial charge in [0.25, 0.3) is 0 Å². The van der Waals surface area contributed by atoms with Gasteiger partial charge in [0, 0.05) is 12.6 Å². The summed E-state index contributed by atoms with van der Waals surface area (Å²) in [6.45, 7) is 0.879. The maximum atomic E-state index is 10.7. The molecule has 1 aromatic heterocycles. The van der Waals surface area contributed by atoms with E-state index in [4.69, 9.17) is 4.42 Å². The highest BCUT2D eigenvalue weighted by molar-refractivity contribution is 5.50. The molecule has 1 aromatic rings. The van der Waals surface area contributed by atoms with Gasteiger partial charge in [0.1, 0.15) is 10.7 Å². The highest BCUT2D eigenvalue weighted by Gasteiger charge is 2.24. The first-order chi connectivity index (χ1) is 10.2. The van der Waals surface area contributed by atoms with Crippen molar-refractivity contribution in [1.82, 2.24) is 5.32 Å². The molecule has 5 nitrogen and oxygen atoms in total. The van der Waals surface area contributed by atoms with Gasteiger partial charge in [-0.3, -0.25) is 10.1 Å². The Bertz CT molecular complexity index is 525. The molecule has 0 amide bonds. The van der Waals surface area contributed by atoms with Crippen molar-refractivity contribution in [1.29, 1.82) is 0 Å². The van der Waals surface area contributed by atoms with Crippen LogP contribution in [0.25, 0.3) is 6.08 Å². The number of nitrogens with one attached hydrogen (secondary N) is 1. The lowest BCUT2D eigenvalue weighted by atomic mass is 9.83. The van der Waals surface area contributed by atoms with Crippen molar-refractivity contribution in [2.45, 2.75) is 51.0 Å². The predicted octanol–water partition coefficient (Wildman–Crippen LogP) is 3.90. The normalized spacial score (nSPS) is 20.7. The van der Waals surface area contributed by atoms with Gasteiger partial charge in [-0.25, -0.2) is 0 Å². The van der Waals surface area contributed by atoms with Gasteiger partial charge >= 0.3 is 5.88 Å². The molecule has 0 spiro atoms. The van der Waals surface area contributed by atoms with Crippen LogP contribution in [0.15, 0.2) is 22.1 Å². The quantitative estimate of drug-likeness (QED) is 0.637. The minimum absolute atomic E-state index is 0.181. The molecule has 0 aromatic carbocycles. The number of rotatable bonds is 6. The molecule has 0 atom stereocenters. The van der Waals surface area contributed by atoms with Crippen LogP contribution in [0.4, 0.5) is 5.88 Å². The van der Waals surface area contributed by atoms with Crippen LogP contribution in [0.2, 0.25) is 0 Å². The van der Waals surface area contributed by atoms with Gasteiger partial charge < -0.3 is 9.73 Å². The molecule has 2 saturated carbocycles. The average Bonchev–Trinajstić information content (AvgIpc) is 3.20. The van der Waals surface area contributed by atoms with E-state index in [0.717, 1.165) is 6.54 Å². The lowest BCUT2D eigenvalue weighted by molar-refractivity contribution is -0.402. The number of nitrogens with zero attached hydrogens (tertiary/aromatic N) is 1. The van der Waals surface area contributed by atoms with Gasteiger partial charge in [0.2, 0.25) is 0 Å². The summed E-state index contributed by atoms with van der Waals surface area (Å²) < 4.78 is 5.29. The van der Waals surface area contributed by atoms with Crippen LogP contribution < -0.4 is 5.32 Å². The van der Waals surface area contributed by atoms with Crippen molar-refractivity contribution in [3.63, 3.8) is 0 Å². The van der Waals surface area contributed by atoms with E-state index in [1.807, 2.05) is 6.08 Å². The van der Waals surface area contributed by atoms with Gasteiger partial charge in [-0.2, -0.15) is 0 Å². The SMILES string of the molecule is O=[N+]([O-])c1ccc(/C=C(/CNC2CC2)C2CCCCC2)o1. The zero-order valence-electron chi connectivity index (χ0n) is 12.2. The van der Waals surface area contributed by atoms with E-state index in [1.165, 1.54) is 56.6 Å². The van der Waals surface area contributed by atoms with E-state index < -0.39 is 4.92 Å². The Morgan fingerprint density at radius 3 is 2.67 bits per heavy atom. The summed E-state index contributed by atoms with van der Waals surface area (Å²) >= 11 is 0. The van der Waals surface area contributed by atoms with Crippen molar-refractivity contribution in [3.8, 4) is 0 Å². The van der Waals surface area contributed by atoms with Crippen molar-refractivity contribution in [2.75, 3.05) is 6.54 Å². The molecule has 3 rings (SSSR count). The molecule has 2 aliphatic rings. The Hall–Kier alpha value is -1.62. The lowest BCUT2D eigenvalue weighted by Gasteiger charge is -2.24. The fourth-order valence-electron chi connectivity index (χ4n) is 3.04. The number of furan rings is 1. The molecule has 2 aliphatic carbocycles. The van der Waals surface area contributed by atoms with Gasteiger partial charge in [-0.05, 0) is 49.3 Å². The Morgan fingerprint density at radius 2 is 2.05 bits per heavy atom. The summed E-state index contributed by atoms with van der Waals surface area (Å²) in [5.41, 5.74) is 1.34. The van der Waals surface area contributed by atoms with E-state index >= 15 is 0 Å². The Labute approximate surface area is 124 Å². The van der Waals surface area contributed by atoms with E-state index in [9.17, 15) is 10.1 Å². The second kappa shape index (κ2) is 6.43. The molecule has 0 radical (unpaired) electrons. The van der Waals surface area contributed by atoms with E-state index in [1.54, 1.807) is 6.07 Å². The minimum atomic E-state index is -0.486. The monoisotopic (exact) mass is 290 g/mol. The molecular formula is C16H22N2O3. The summed E-state index contributed by atoms with van der Waals surface area (Å²) in [5.74, 6) is 1.01. The van der Waals surface area contributed by atoms with Crippen LogP contribution in [0, 0.1) is 16.0 Å². The molecule has 0 bridgehead atoms. The van der Waals surface area contributed by atoms with E-state index in [0.29, 0.717) is 17.7 Å². The zero-order chi connectivity index (χ0) is 14.7. The Balaban J connectivity index is 1.74. The molecule has 2 fully saturated rings. The number of hydrogen-bond acceptors (Lipinski definition) is 4. The fraction of sp³-hybridized carbons (Fsp3) is 0.625. The molecule has 5 heteroatoms. The summed E-state index contributed by atoms with van der Waals surface area (Å²) in [6.07, 6.45) is 10.9. The van der Waals surface area contributed by atoms with Gasteiger partial charge in [-0.15, -0.1) is 0 Å². The molecule has 0 aliphatic heterocycles. The second-order valence-corrected chi connectivity index (χ2v) is 6.14. The Kier molecular flexibility index (Phi) is 4.39. The van der Waals surface area contributed by atoms with Crippen LogP contribution >= 0.6 is 0 Å². The van der Waals surface area contributed by atoms with Crippen molar-refractivity contribution < 1.29 is 9.34 Å². The first-order valence-corrected chi connectivity index (χ1v) is 7.90. The molecular weight excluding hydrogens is 268 g/mol. The zero-order valence-corrected chi connectivity index (χ0v) is 12.2. The third-order valence-corrected chi connectivity index (χ3v) is 4.42. The van der Waals surface area contributed by atoms with Crippen LogP contribution in [0.5, 0.6) is 0 Å². The fourth-order valence-corrected chi connectivity index (χ4v) is 3.04. The average molecular weight is 290 g/mol. The highest BCUT2D eigenvalue weighted by atomic mass is 16.6. The van der Waals surface area contributed by atoms with Crippen molar-refractivity contribution in [3.05, 3.63) is 33.6 Å².